The van der Waals surface area contributed by atoms with Gasteiger partial charge < -0.3 is 5.32 Å². The minimum atomic E-state index is -2.54. The van der Waals surface area contributed by atoms with Crippen molar-refractivity contribution in [3.63, 3.8) is 0 Å². The average molecular weight is 336 g/mol. The maximum atomic E-state index is 13.1. The minimum Gasteiger partial charge on any atom is -0.366 e. The number of hydrogen-bond donors (Lipinski definition) is 1. The topological polar surface area (TPSA) is 58.9 Å². The third-order valence-electron chi connectivity index (χ3n) is 4.20. The summed E-state index contributed by atoms with van der Waals surface area (Å²) in [6.45, 7) is 4.11. The molecule has 3 heterocycles. The average Bonchev–Trinajstić information content (AvgIpc) is 2.88. The number of aromatic nitrogens is 4. The number of likely N-dealkylation sites (tertiary alicyclic amines) is 1. The van der Waals surface area contributed by atoms with Crippen LogP contribution in [0.25, 0.3) is 0 Å². The molecule has 2 aromatic rings. The summed E-state index contributed by atoms with van der Waals surface area (Å²) in [5, 5.41) is 7.30. The third-order valence-corrected chi connectivity index (χ3v) is 4.20. The Morgan fingerprint density at radius 3 is 2.96 bits per heavy atom. The molecule has 130 valence electrons. The van der Waals surface area contributed by atoms with Gasteiger partial charge in [-0.3, -0.25) is 9.58 Å². The second-order valence-electron chi connectivity index (χ2n) is 6.28. The smallest absolute Gasteiger partial charge is 0.282 e. The lowest BCUT2D eigenvalue weighted by Crippen LogP contribution is -2.41. The van der Waals surface area contributed by atoms with E-state index in [4.69, 9.17) is 0 Å². The van der Waals surface area contributed by atoms with E-state index in [0.717, 1.165) is 37.4 Å². The molecule has 0 saturated carbocycles. The Morgan fingerprint density at radius 1 is 1.38 bits per heavy atom. The van der Waals surface area contributed by atoms with Gasteiger partial charge in [-0.1, -0.05) is 0 Å². The number of nitrogens with zero attached hydrogens (tertiary/aromatic N) is 5. The number of anilines is 1. The zero-order valence-electron chi connectivity index (χ0n) is 13.9. The van der Waals surface area contributed by atoms with E-state index >= 15 is 0 Å². The van der Waals surface area contributed by atoms with E-state index in [-0.39, 0.29) is 11.7 Å². The van der Waals surface area contributed by atoms with Crippen molar-refractivity contribution < 1.29 is 8.78 Å². The lowest BCUT2D eigenvalue weighted by Gasteiger charge is -2.33. The van der Waals surface area contributed by atoms with Gasteiger partial charge in [0.05, 0.1) is 0 Å². The first kappa shape index (κ1) is 16.8. The maximum absolute atomic E-state index is 13.1. The van der Waals surface area contributed by atoms with Crippen LogP contribution in [-0.4, -0.2) is 43.8 Å². The SMILES string of the molecule is Cc1cc(NC2CCCN(Cc3cn(C)nc3C(F)F)C2)ncn1. The van der Waals surface area contributed by atoms with Crippen molar-refractivity contribution >= 4 is 5.82 Å². The van der Waals surface area contributed by atoms with Crippen molar-refractivity contribution in [3.8, 4) is 0 Å². The monoisotopic (exact) mass is 336 g/mol. The van der Waals surface area contributed by atoms with E-state index in [1.54, 1.807) is 19.6 Å². The highest BCUT2D eigenvalue weighted by molar-refractivity contribution is 5.35. The van der Waals surface area contributed by atoms with Crippen LogP contribution >= 0.6 is 0 Å². The molecule has 1 saturated heterocycles. The standard InChI is InChI=1S/C16H22F2N6/c1-11-6-14(20-10-19-11)21-13-4-3-5-24(9-13)8-12-7-23(2)22-15(12)16(17)18/h6-7,10,13,16H,3-5,8-9H2,1-2H3,(H,19,20,21). The number of aryl methyl sites for hydroxylation is 2. The van der Waals surface area contributed by atoms with Gasteiger partial charge in [-0.25, -0.2) is 18.7 Å². The molecule has 1 aliphatic rings. The van der Waals surface area contributed by atoms with Crippen LogP contribution in [0, 0.1) is 6.92 Å². The zero-order valence-corrected chi connectivity index (χ0v) is 13.9. The molecule has 1 fully saturated rings. The minimum absolute atomic E-state index is 0.112. The van der Waals surface area contributed by atoms with Crippen molar-refractivity contribution in [2.45, 2.75) is 38.8 Å². The van der Waals surface area contributed by atoms with Crippen LogP contribution in [0.5, 0.6) is 0 Å². The summed E-state index contributed by atoms with van der Waals surface area (Å²) in [5.74, 6) is 0.809. The van der Waals surface area contributed by atoms with Crippen LogP contribution in [0.2, 0.25) is 0 Å². The molecule has 2 aromatic heterocycles. The Labute approximate surface area is 139 Å². The molecule has 0 bridgehead atoms. The van der Waals surface area contributed by atoms with E-state index < -0.39 is 6.43 Å². The van der Waals surface area contributed by atoms with Crippen molar-refractivity contribution in [1.29, 1.82) is 0 Å². The molecular weight excluding hydrogens is 314 g/mol. The van der Waals surface area contributed by atoms with Crippen LogP contribution in [0.3, 0.4) is 0 Å². The Morgan fingerprint density at radius 2 is 2.21 bits per heavy atom. The molecule has 24 heavy (non-hydrogen) atoms. The Balaban J connectivity index is 1.63. The highest BCUT2D eigenvalue weighted by Gasteiger charge is 2.24. The Kier molecular flexibility index (Phi) is 5.03. The van der Waals surface area contributed by atoms with Gasteiger partial charge >= 0.3 is 0 Å². The molecule has 0 spiro atoms. The summed E-state index contributed by atoms with van der Waals surface area (Å²) in [5.41, 5.74) is 1.40. The van der Waals surface area contributed by atoms with Gasteiger partial charge in [0.15, 0.2) is 0 Å². The summed E-state index contributed by atoms with van der Waals surface area (Å²) in [6, 6.07) is 2.16. The zero-order chi connectivity index (χ0) is 17.1. The van der Waals surface area contributed by atoms with Crippen LogP contribution in [0.4, 0.5) is 14.6 Å². The molecule has 0 aromatic carbocycles. The van der Waals surface area contributed by atoms with E-state index in [9.17, 15) is 8.78 Å². The third kappa shape index (κ3) is 4.05. The quantitative estimate of drug-likeness (QED) is 0.909. The Hall–Kier alpha value is -2.09. The molecule has 0 aliphatic carbocycles. The first-order valence-electron chi connectivity index (χ1n) is 8.09. The molecule has 8 heteroatoms. The van der Waals surface area contributed by atoms with Crippen LogP contribution < -0.4 is 5.32 Å². The van der Waals surface area contributed by atoms with Crippen molar-refractivity contribution in [3.05, 3.63) is 35.5 Å². The number of nitrogens with one attached hydrogen (secondary N) is 1. The van der Waals surface area contributed by atoms with Gasteiger partial charge in [-0.05, 0) is 26.3 Å². The summed E-state index contributed by atoms with van der Waals surface area (Å²) in [4.78, 5) is 10.5. The highest BCUT2D eigenvalue weighted by atomic mass is 19.3. The molecule has 1 aliphatic heterocycles. The van der Waals surface area contributed by atoms with E-state index in [1.165, 1.54) is 4.68 Å². The molecule has 3 rings (SSSR count). The summed E-state index contributed by atoms with van der Waals surface area (Å²) < 4.78 is 27.6. The molecule has 0 amide bonds. The first-order valence-corrected chi connectivity index (χ1v) is 8.09. The van der Waals surface area contributed by atoms with Crippen LogP contribution in [0.1, 0.15) is 36.2 Å². The van der Waals surface area contributed by atoms with E-state index in [2.05, 4.69) is 25.3 Å². The second-order valence-corrected chi connectivity index (χ2v) is 6.28. The van der Waals surface area contributed by atoms with Crippen molar-refractivity contribution in [1.82, 2.24) is 24.6 Å². The summed E-state index contributed by atoms with van der Waals surface area (Å²) >= 11 is 0. The van der Waals surface area contributed by atoms with Gasteiger partial charge in [-0.15, -0.1) is 0 Å². The number of halogens is 2. The number of piperidine rings is 1. The number of alkyl halides is 2. The molecule has 1 N–H and O–H groups in total. The van der Waals surface area contributed by atoms with Gasteiger partial charge in [0, 0.05) is 49.7 Å². The number of hydrogen-bond acceptors (Lipinski definition) is 5. The largest absolute Gasteiger partial charge is 0.366 e. The molecular formula is C16H22F2N6. The molecule has 1 unspecified atom stereocenters. The van der Waals surface area contributed by atoms with Gasteiger partial charge in [0.1, 0.15) is 17.8 Å². The van der Waals surface area contributed by atoms with Crippen molar-refractivity contribution in [2.75, 3.05) is 18.4 Å². The highest BCUT2D eigenvalue weighted by Crippen LogP contribution is 2.24. The fraction of sp³-hybridized carbons (Fsp3) is 0.562. The predicted octanol–water partition coefficient (Wildman–Crippen LogP) is 2.53. The van der Waals surface area contributed by atoms with Crippen molar-refractivity contribution in [2.24, 2.45) is 7.05 Å². The summed E-state index contributed by atoms with van der Waals surface area (Å²) in [6.07, 6.45) is 2.75. The van der Waals surface area contributed by atoms with Crippen LogP contribution in [0.15, 0.2) is 18.6 Å². The molecule has 6 nitrogen and oxygen atoms in total. The summed E-state index contributed by atoms with van der Waals surface area (Å²) in [7, 11) is 1.67. The van der Waals surface area contributed by atoms with E-state index in [0.29, 0.717) is 12.1 Å². The molecule has 1 atom stereocenters. The fourth-order valence-electron chi connectivity index (χ4n) is 3.16. The van der Waals surface area contributed by atoms with E-state index in [1.807, 2.05) is 13.0 Å². The van der Waals surface area contributed by atoms with Gasteiger partial charge in [0.25, 0.3) is 6.43 Å². The normalized spacial score (nSPS) is 19.0. The lowest BCUT2D eigenvalue weighted by molar-refractivity contribution is 0.141. The fourth-order valence-corrected chi connectivity index (χ4v) is 3.16. The van der Waals surface area contributed by atoms with Gasteiger partial charge in [-0.2, -0.15) is 5.10 Å². The maximum Gasteiger partial charge on any atom is 0.282 e. The lowest BCUT2D eigenvalue weighted by atomic mass is 10.0. The first-order chi connectivity index (χ1) is 11.5. The molecule has 0 radical (unpaired) electrons. The number of rotatable bonds is 5. The predicted molar refractivity (Wildman–Crippen MR) is 86.9 cm³/mol. The van der Waals surface area contributed by atoms with Crippen LogP contribution in [-0.2, 0) is 13.6 Å². The Bertz CT molecular complexity index is 687. The van der Waals surface area contributed by atoms with Gasteiger partial charge in [0.2, 0.25) is 0 Å². The second kappa shape index (κ2) is 7.21.